The molecule has 0 atom stereocenters. The maximum Gasteiger partial charge on any atom is 0.268 e. The van der Waals surface area contributed by atoms with Crippen LogP contribution < -0.4 is 10.1 Å². The SMILES string of the molecule is Cc1ccc(-n2nc3cc(Cl)c(NC(=O)C(C)(C)Oc4ccc(Br)cc4)cc3n2)cc1. The Labute approximate surface area is 193 Å². The molecule has 0 fully saturated rings. The molecule has 3 aromatic carbocycles. The molecule has 0 unspecified atom stereocenters. The maximum absolute atomic E-state index is 12.9. The molecule has 31 heavy (non-hydrogen) atoms. The molecule has 0 aliphatic carbocycles. The van der Waals surface area contributed by atoms with Crippen LogP contribution in [0, 0.1) is 6.92 Å². The lowest BCUT2D eigenvalue weighted by Gasteiger charge is -2.25. The number of carbonyl (C=O) groups is 1. The number of halogens is 2. The highest BCUT2D eigenvalue weighted by atomic mass is 79.9. The minimum Gasteiger partial charge on any atom is -0.478 e. The summed E-state index contributed by atoms with van der Waals surface area (Å²) in [6.45, 7) is 5.42. The van der Waals surface area contributed by atoms with Crippen LogP contribution in [0.2, 0.25) is 5.02 Å². The highest BCUT2D eigenvalue weighted by molar-refractivity contribution is 9.10. The van der Waals surface area contributed by atoms with E-state index in [1.165, 1.54) is 0 Å². The van der Waals surface area contributed by atoms with E-state index in [4.69, 9.17) is 16.3 Å². The summed E-state index contributed by atoms with van der Waals surface area (Å²) in [5, 5.41) is 12.2. The number of anilines is 1. The van der Waals surface area contributed by atoms with Crippen molar-refractivity contribution < 1.29 is 9.53 Å². The van der Waals surface area contributed by atoms with E-state index in [-0.39, 0.29) is 5.91 Å². The predicted octanol–water partition coefficient (Wildman–Crippen LogP) is 5.94. The van der Waals surface area contributed by atoms with Crippen LogP contribution in [0.15, 0.2) is 65.1 Å². The van der Waals surface area contributed by atoms with Crippen molar-refractivity contribution in [3.63, 3.8) is 0 Å². The largest absolute Gasteiger partial charge is 0.478 e. The Kier molecular flexibility index (Phi) is 5.73. The summed E-state index contributed by atoms with van der Waals surface area (Å²) < 4.78 is 6.81. The number of benzene rings is 3. The maximum atomic E-state index is 12.9. The quantitative estimate of drug-likeness (QED) is 0.369. The molecule has 1 heterocycles. The second-order valence-electron chi connectivity index (χ2n) is 7.67. The Morgan fingerprint density at radius 2 is 1.65 bits per heavy atom. The van der Waals surface area contributed by atoms with Gasteiger partial charge in [0.15, 0.2) is 5.60 Å². The van der Waals surface area contributed by atoms with Gasteiger partial charge in [0, 0.05) is 4.47 Å². The third-order valence-electron chi connectivity index (χ3n) is 4.72. The van der Waals surface area contributed by atoms with Gasteiger partial charge < -0.3 is 10.1 Å². The van der Waals surface area contributed by atoms with E-state index in [1.54, 1.807) is 42.9 Å². The van der Waals surface area contributed by atoms with Crippen molar-refractivity contribution in [2.45, 2.75) is 26.4 Å². The molecule has 4 rings (SSSR count). The van der Waals surface area contributed by atoms with Gasteiger partial charge in [-0.3, -0.25) is 4.79 Å². The van der Waals surface area contributed by atoms with E-state index in [9.17, 15) is 4.79 Å². The van der Waals surface area contributed by atoms with Crippen LogP contribution in [0.5, 0.6) is 5.75 Å². The number of nitrogens with zero attached hydrogens (tertiary/aromatic N) is 3. The molecule has 6 nitrogen and oxygen atoms in total. The molecule has 0 aliphatic rings. The van der Waals surface area contributed by atoms with E-state index in [0.29, 0.717) is 27.5 Å². The van der Waals surface area contributed by atoms with E-state index >= 15 is 0 Å². The Morgan fingerprint density at radius 1 is 1.03 bits per heavy atom. The standard InChI is InChI=1S/C23H20BrClN4O2/c1-14-4-8-16(9-5-14)29-27-20-12-18(25)19(13-21(20)28-29)26-22(30)23(2,3)31-17-10-6-15(24)7-11-17/h4-13H,1-3H3,(H,26,30). The smallest absolute Gasteiger partial charge is 0.268 e. The van der Waals surface area contributed by atoms with Crippen LogP contribution in [0.1, 0.15) is 19.4 Å². The van der Waals surface area contributed by atoms with Gasteiger partial charge in [-0.15, -0.1) is 10.2 Å². The zero-order chi connectivity index (χ0) is 22.2. The Hall–Kier alpha value is -2.90. The fraction of sp³-hybridized carbons (Fsp3) is 0.174. The molecule has 8 heteroatoms. The first-order chi connectivity index (χ1) is 14.7. The molecular formula is C23H20BrClN4O2. The lowest BCUT2D eigenvalue weighted by Crippen LogP contribution is -2.42. The van der Waals surface area contributed by atoms with Gasteiger partial charge in [-0.1, -0.05) is 45.2 Å². The third kappa shape index (κ3) is 4.73. The fourth-order valence-electron chi connectivity index (χ4n) is 2.94. The summed E-state index contributed by atoms with van der Waals surface area (Å²) in [5.41, 5.74) is 2.57. The number of fused-ring (bicyclic) bond motifs is 1. The molecule has 4 aromatic rings. The van der Waals surface area contributed by atoms with Crippen molar-refractivity contribution in [2.24, 2.45) is 0 Å². The Morgan fingerprint density at radius 3 is 2.29 bits per heavy atom. The molecule has 0 bridgehead atoms. The molecule has 0 saturated carbocycles. The number of nitrogens with one attached hydrogen (secondary N) is 1. The van der Waals surface area contributed by atoms with Gasteiger partial charge in [0.05, 0.1) is 16.4 Å². The summed E-state index contributed by atoms with van der Waals surface area (Å²) in [5.74, 6) is 0.258. The van der Waals surface area contributed by atoms with Gasteiger partial charge in [-0.25, -0.2) is 0 Å². The first-order valence-corrected chi connectivity index (χ1v) is 10.8. The van der Waals surface area contributed by atoms with Crippen LogP contribution in [0.4, 0.5) is 5.69 Å². The number of rotatable bonds is 5. The number of ether oxygens (including phenoxy) is 1. The van der Waals surface area contributed by atoms with Gasteiger partial charge in [0.2, 0.25) is 0 Å². The van der Waals surface area contributed by atoms with Gasteiger partial charge in [-0.05, 0) is 69.3 Å². The van der Waals surface area contributed by atoms with Crippen LogP contribution in [-0.2, 0) is 4.79 Å². The van der Waals surface area contributed by atoms with Crippen LogP contribution in [0.25, 0.3) is 16.7 Å². The van der Waals surface area contributed by atoms with Crippen molar-refractivity contribution in [3.05, 3.63) is 75.7 Å². The van der Waals surface area contributed by atoms with Gasteiger partial charge in [-0.2, -0.15) is 4.80 Å². The van der Waals surface area contributed by atoms with E-state index in [0.717, 1.165) is 15.7 Å². The van der Waals surface area contributed by atoms with Gasteiger partial charge >= 0.3 is 0 Å². The lowest BCUT2D eigenvalue weighted by molar-refractivity contribution is -0.128. The van der Waals surface area contributed by atoms with E-state index in [2.05, 4.69) is 31.4 Å². The van der Waals surface area contributed by atoms with Gasteiger partial charge in [0.25, 0.3) is 5.91 Å². The molecule has 0 spiro atoms. The van der Waals surface area contributed by atoms with Crippen molar-refractivity contribution in [3.8, 4) is 11.4 Å². The number of hydrogen-bond donors (Lipinski definition) is 1. The minimum atomic E-state index is -1.12. The molecule has 0 radical (unpaired) electrons. The highest BCUT2D eigenvalue weighted by Gasteiger charge is 2.30. The lowest BCUT2D eigenvalue weighted by atomic mass is 10.1. The number of hydrogen-bond acceptors (Lipinski definition) is 4. The topological polar surface area (TPSA) is 69.0 Å². The third-order valence-corrected chi connectivity index (χ3v) is 5.56. The monoisotopic (exact) mass is 498 g/mol. The summed E-state index contributed by atoms with van der Waals surface area (Å²) in [4.78, 5) is 14.5. The molecule has 1 aromatic heterocycles. The first-order valence-electron chi connectivity index (χ1n) is 9.61. The Balaban J connectivity index is 1.57. The molecular weight excluding hydrogens is 480 g/mol. The average Bonchev–Trinajstić information content (AvgIpc) is 3.13. The molecule has 1 amide bonds. The fourth-order valence-corrected chi connectivity index (χ4v) is 3.41. The summed E-state index contributed by atoms with van der Waals surface area (Å²) in [6.07, 6.45) is 0. The van der Waals surface area contributed by atoms with Crippen LogP contribution in [-0.4, -0.2) is 26.5 Å². The molecule has 0 saturated heterocycles. The number of aromatic nitrogens is 3. The van der Waals surface area contributed by atoms with E-state index < -0.39 is 5.60 Å². The summed E-state index contributed by atoms with van der Waals surface area (Å²) >= 11 is 9.80. The minimum absolute atomic E-state index is 0.331. The normalized spacial score (nSPS) is 11.5. The predicted molar refractivity (Wildman–Crippen MR) is 126 cm³/mol. The van der Waals surface area contributed by atoms with Crippen molar-refractivity contribution in [2.75, 3.05) is 5.32 Å². The second kappa shape index (κ2) is 8.32. The van der Waals surface area contributed by atoms with Crippen LogP contribution in [0.3, 0.4) is 0 Å². The molecule has 0 aliphatic heterocycles. The summed E-state index contributed by atoms with van der Waals surface area (Å²) in [6, 6.07) is 18.6. The number of carbonyl (C=O) groups excluding carboxylic acids is 1. The zero-order valence-electron chi connectivity index (χ0n) is 17.2. The highest BCUT2D eigenvalue weighted by Crippen LogP contribution is 2.29. The van der Waals surface area contributed by atoms with Crippen LogP contribution >= 0.6 is 27.5 Å². The number of aryl methyl sites for hydroxylation is 1. The van der Waals surface area contributed by atoms with Gasteiger partial charge in [0.1, 0.15) is 16.8 Å². The Bertz CT molecular complexity index is 1250. The average molecular weight is 500 g/mol. The first kappa shape index (κ1) is 21.3. The number of amides is 1. The summed E-state index contributed by atoms with van der Waals surface area (Å²) in [7, 11) is 0. The van der Waals surface area contributed by atoms with Crippen molar-refractivity contribution >= 4 is 50.2 Å². The van der Waals surface area contributed by atoms with Crippen molar-refractivity contribution in [1.29, 1.82) is 0 Å². The molecule has 1 N–H and O–H groups in total. The zero-order valence-corrected chi connectivity index (χ0v) is 19.5. The van der Waals surface area contributed by atoms with E-state index in [1.807, 2.05) is 43.3 Å². The second-order valence-corrected chi connectivity index (χ2v) is 8.99. The van der Waals surface area contributed by atoms with Crippen molar-refractivity contribution in [1.82, 2.24) is 15.0 Å². The molecule has 158 valence electrons.